The fourth-order valence-electron chi connectivity index (χ4n) is 3.23. The standard InChI is InChI=1S/C22H23N5O5/c1-5-31-22(30)20-14(3)23-13(2)19(20)18(28)12-32-21(29)17(27-15(4)24-25-26-27)11-16-9-7-6-8-10-16/h6-11,23H,5,12H2,1-4H3. The highest BCUT2D eigenvalue weighted by Crippen LogP contribution is 2.21. The smallest absolute Gasteiger partial charge is 0.357 e. The molecule has 2 heterocycles. The molecule has 0 saturated heterocycles. The minimum Gasteiger partial charge on any atom is -0.462 e. The van der Waals surface area contributed by atoms with Crippen molar-refractivity contribution < 1.29 is 23.9 Å². The topological polar surface area (TPSA) is 129 Å². The van der Waals surface area contributed by atoms with Crippen molar-refractivity contribution in [3.63, 3.8) is 0 Å². The third-order valence-electron chi connectivity index (χ3n) is 4.63. The lowest BCUT2D eigenvalue weighted by atomic mass is 10.1. The molecule has 0 aliphatic rings. The Morgan fingerprint density at radius 2 is 1.72 bits per heavy atom. The van der Waals surface area contributed by atoms with Gasteiger partial charge in [0.2, 0.25) is 5.78 Å². The summed E-state index contributed by atoms with van der Waals surface area (Å²) < 4.78 is 11.6. The molecular weight excluding hydrogens is 414 g/mol. The van der Waals surface area contributed by atoms with Crippen LogP contribution in [0.15, 0.2) is 30.3 Å². The van der Waals surface area contributed by atoms with Gasteiger partial charge in [0.05, 0.1) is 17.7 Å². The fraction of sp³-hybridized carbons (Fsp3) is 0.273. The Labute approximate surface area is 184 Å². The minimum atomic E-state index is -0.791. The van der Waals surface area contributed by atoms with E-state index in [9.17, 15) is 14.4 Å². The molecule has 166 valence electrons. The Morgan fingerprint density at radius 3 is 2.34 bits per heavy atom. The molecule has 0 amide bonds. The second kappa shape index (κ2) is 9.82. The minimum absolute atomic E-state index is 0.0408. The van der Waals surface area contributed by atoms with Gasteiger partial charge in [0, 0.05) is 11.4 Å². The largest absolute Gasteiger partial charge is 0.462 e. The molecule has 32 heavy (non-hydrogen) atoms. The number of hydrogen-bond donors (Lipinski definition) is 1. The van der Waals surface area contributed by atoms with E-state index in [0.29, 0.717) is 17.2 Å². The van der Waals surface area contributed by atoms with Gasteiger partial charge in [0.25, 0.3) is 0 Å². The van der Waals surface area contributed by atoms with Crippen LogP contribution < -0.4 is 0 Å². The Kier molecular flexibility index (Phi) is 6.93. The van der Waals surface area contributed by atoms with Crippen molar-refractivity contribution in [3.8, 4) is 0 Å². The van der Waals surface area contributed by atoms with Gasteiger partial charge >= 0.3 is 11.9 Å². The molecule has 1 aromatic carbocycles. The van der Waals surface area contributed by atoms with Gasteiger partial charge in [-0.15, -0.1) is 5.10 Å². The predicted molar refractivity (Wildman–Crippen MR) is 115 cm³/mol. The molecule has 10 nitrogen and oxygen atoms in total. The van der Waals surface area contributed by atoms with Gasteiger partial charge in [-0.25, -0.2) is 9.59 Å². The quantitative estimate of drug-likeness (QED) is 0.323. The molecule has 0 spiro atoms. The lowest BCUT2D eigenvalue weighted by Crippen LogP contribution is -2.21. The molecule has 0 saturated carbocycles. The monoisotopic (exact) mass is 437 g/mol. The maximum absolute atomic E-state index is 12.9. The number of benzene rings is 1. The van der Waals surface area contributed by atoms with Crippen molar-refractivity contribution in [1.29, 1.82) is 0 Å². The summed E-state index contributed by atoms with van der Waals surface area (Å²) in [4.78, 5) is 41.0. The number of tetrazole rings is 1. The molecular formula is C22H23N5O5. The van der Waals surface area contributed by atoms with Crippen LogP contribution in [0.5, 0.6) is 0 Å². The molecule has 0 atom stereocenters. The summed E-state index contributed by atoms with van der Waals surface area (Å²) in [7, 11) is 0. The van der Waals surface area contributed by atoms with E-state index in [4.69, 9.17) is 9.47 Å². The summed E-state index contributed by atoms with van der Waals surface area (Å²) in [6.07, 6.45) is 1.56. The zero-order chi connectivity index (χ0) is 23.3. The SMILES string of the molecule is CCOC(=O)c1c(C)[nH]c(C)c1C(=O)COC(=O)C(=Cc1ccccc1)n1nnnc1C. The summed E-state index contributed by atoms with van der Waals surface area (Å²) in [6.45, 7) is 6.24. The molecule has 0 fully saturated rings. The van der Waals surface area contributed by atoms with E-state index >= 15 is 0 Å². The van der Waals surface area contributed by atoms with Gasteiger partial charge in [-0.05, 0) is 49.8 Å². The van der Waals surface area contributed by atoms with Gasteiger partial charge in [0.1, 0.15) is 0 Å². The number of carbonyl (C=O) groups is 3. The Balaban J connectivity index is 1.85. The van der Waals surface area contributed by atoms with Crippen molar-refractivity contribution in [2.75, 3.05) is 13.2 Å². The number of carbonyl (C=O) groups excluding carboxylic acids is 3. The Morgan fingerprint density at radius 1 is 1.03 bits per heavy atom. The lowest BCUT2D eigenvalue weighted by molar-refractivity contribution is -0.136. The summed E-state index contributed by atoms with van der Waals surface area (Å²) in [5.41, 5.74) is 2.04. The van der Waals surface area contributed by atoms with Crippen LogP contribution in [0.3, 0.4) is 0 Å². The summed E-state index contributed by atoms with van der Waals surface area (Å²) in [5.74, 6) is -1.56. The molecule has 0 aliphatic heterocycles. The molecule has 3 aromatic rings. The van der Waals surface area contributed by atoms with Crippen LogP contribution in [0.4, 0.5) is 0 Å². The van der Waals surface area contributed by atoms with Crippen LogP contribution in [-0.4, -0.2) is 56.1 Å². The van der Waals surface area contributed by atoms with Crippen molar-refractivity contribution in [2.45, 2.75) is 27.7 Å². The molecule has 10 heteroatoms. The summed E-state index contributed by atoms with van der Waals surface area (Å²) in [5, 5.41) is 11.2. The Hall–Kier alpha value is -4.08. The van der Waals surface area contributed by atoms with Crippen molar-refractivity contribution >= 4 is 29.5 Å². The second-order valence-corrected chi connectivity index (χ2v) is 6.92. The van der Waals surface area contributed by atoms with E-state index in [0.717, 1.165) is 5.56 Å². The number of aromatic amines is 1. The third kappa shape index (κ3) is 4.80. The zero-order valence-electron chi connectivity index (χ0n) is 18.2. The first-order chi connectivity index (χ1) is 15.3. The van der Waals surface area contributed by atoms with Gasteiger partial charge < -0.3 is 14.5 Å². The van der Waals surface area contributed by atoms with Gasteiger partial charge in [-0.1, -0.05) is 30.3 Å². The van der Waals surface area contributed by atoms with Crippen LogP contribution in [0.25, 0.3) is 11.8 Å². The number of ether oxygens (including phenoxy) is 2. The van der Waals surface area contributed by atoms with E-state index in [1.54, 1.807) is 45.9 Å². The number of esters is 2. The van der Waals surface area contributed by atoms with Crippen molar-refractivity contribution in [3.05, 3.63) is 64.2 Å². The summed E-state index contributed by atoms with van der Waals surface area (Å²) >= 11 is 0. The Bertz CT molecular complexity index is 1180. The highest BCUT2D eigenvalue weighted by molar-refractivity contribution is 6.16. The number of aryl methyl sites for hydroxylation is 3. The van der Waals surface area contributed by atoms with Gasteiger partial charge in [-0.3, -0.25) is 4.79 Å². The zero-order valence-corrected chi connectivity index (χ0v) is 18.2. The van der Waals surface area contributed by atoms with E-state index in [-0.39, 0.29) is 23.4 Å². The molecule has 0 radical (unpaired) electrons. The average Bonchev–Trinajstić information content (AvgIpc) is 3.32. The van der Waals surface area contributed by atoms with E-state index in [1.165, 1.54) is 4.68 Å². The highest BCUT2D eigenvalue weighted by atomic mass is 16.5. The number of nitrogens with zero attached hydrogens (tertiary/aromatic N) is 4. The molecule has 0 unspecified atom stereocenters. The van der Waals surface area contributed by atoms with Crippen LogP contribution in [0.2, 0.25) is 0 Å². The average molecular weight is 437 g/mol. The molecule has 2 aromatic heterocycles. The van der Waals surface area contributed by atoms with Gasteiger partial charge in [-0.2, -0.15) is 4.68 Å². The number of hydrogen-bond acceptors (Lipinski definition) is 8. The number of nitrogens with one attached hydrogen (secondary N) is 1. The molecule has 3 rings (SSSR count). The van der Waals surface area contributed by atoms with E-state index in [2.05, 4.69) is 20.5 Å². The van der Waals surface area contributed by atoms with E-state index < -0.39 is 24.3 Å². The number of Topliss-reactive ketones (excluding diaryl/α,β-unsaturated/α-hetero) is 1. The predicted octanol–water partition coefficient (Wildman–Crippen LogP) is 2.53. The van der Waals surface area contributed by atoms with Crippen LogP contribution in [0.1, 0.15) is 50.4 Å². The number of rotatable bonds is 8. The number of H-pyrrole nitrogens is 1. The van der Waals surface area contributed by atoms with Crippen LogP contribution in [-0.2, 0) is 14.3 Å². The van der Waals surface area contributed by atoms with Crippen molar-refractivity contribution in [1.82, 2.24) is 25.2 Å². The number of aromatic nitrogens is 5. The first kappa shape index (κ1) is 22.6. The van der Waals surface area contributed by atoms with Crippen molar-refractivity contribution in [2.24, 2.45) is 0 Å². The second-order valence-electron chi connectivity index (χ2n) is 6.92. The van der Waals surface area contributed by atoms with Gasteiger partial charge in [0.15, 0.2) is 18.1 Å². The highest BCUT2D eigenvalue weighted by Gasteiger charge is 2.27. The van der Waals surface area contributed by atoms with Crippen LogP contribution >= 0.6 is 0 Å². The number of ketones is 1. The maximum atomic E-state index is 12.9. The third-order valence-corrected chi connectivity index (χ3v) is 4.63. The normalized spacial score (nSPS) is 11.3. The fourth-order valence-corrected chi connectivity index (χ4v) is 3.23. The van der Waals surface area contributed by atoms with E-state index in [1.807, 2.05) is 18.2 Å². The molecule has 1 N–H and O–H groups in total. The first-order valence-electron chi connectivity index (χ1n) is 9.92. The molecule has 0 bridgehead atoms. The van der Waals surface area contributed by atoms with Crippen LogP contribution in [0, 0.1) is 20.8 Å². The lowest BCUT2D eigenvalue weighted by Gasteiger charge is -2.10. The molecule has 0 aliphatic carbocycles. The first-order valence-corrected chi connectivity index (χ1v) is 9.92. The summed E-state index contributed by atoms with van der Waals surface area (Å²) in [6, 6.07) is 9.08. The maximum Gasteiger partial charge on any atom is 0.357 e.